The van der Waals surface area contributed by atoms with Crippen molar-refractivity contribution in [3.05, 3.63) is 24.3 Å². The first-order chi connectivity index (χ1) is 8.97. The highest BCUT2D eigenvalue weighted by Gasteiger charge is 2.09. The molecule has 0 amide bonds. The molecule has 0 radical (unpaired) electrons. The van der Waals surface area contributed by atoms with Gasteiger partial charge in [0.25, 0.3) is 0 Å². The van der Waals surface area contributed by atoms with Gasteiger partial charge in [-0.1, -0.05) is 27.7 Å². The van der Waals surface area contributed by atoms with Crippen LogP contribution >= 0.6 is 12.4 Å². The summed E-state index contributed by atoms with van der Waals surface area (Å²) in [7, 11) is 0. The predicted molar refractivity (Wildman–Crippen MR) is 89.7 cm³/mol. The van der Waals surface area contributed by atoms with E-state index in [1.54, 1.807) is 0 Å². The van der Waals surface area contributed by atoms with E-state index in [0.717, 1.165) is 37.7 Å². The van der Waals surface area contributed by atoms with Crippen LogP contribution in [0, 0.1) is 11.8 Å². The van der Waals surface area contributed by atoms with Gasteiger partial charge in [0.2, 0.25) is 0 Å². The van der Waals surface area contributed by atoms with Crippen LogP contribution in [-0.2, 0) is 0 Å². The van der Waals surface area contributed by atoms with Crippen LogP contribution in [0.3, 0.4) is 0 Å². The molecule has 1 aromatic carbocycles. The molecule has 0 atom stereocenters. The minimum Gasteiger partial charge on any atom is -0.492 e. The minimum atomic E-state index is 0. The van der Waals surface area contributed by atoms with Crippen molar-refractivity contribution in [1.82, 2.24) is 4.90 Å². The van der Waals surface area contributed by atoms with Gasteiger partial charge in [-0.05, 0) is 36.1 Å². The summed E-state index contributed by atoms with van der Waals surface area (Å²) in [5.41, 5.74) is 6.42. The molecule has 0 aliphatic heterocycles. The van der Waals surface area contributed by atoms with Crippen molar-refractivity contribution in [2.75, 3.05) is 32.0 Å². The van der Waals surface area contributed by atoms with Crippen molar-refractivity contribution in [2.24, 2.45) is 11.8 Å². The molecule has 0 heterocycles. The van der Waals surface area contributed by atoms with Crippen LogP contribution in [0.15, 0.2) is 24.3 Å². The standard InChI is InChI=1S/C16H28N2O.ClH/c1-13(2)11-18(12-14(3)4)9-10-19-16-7-5-15(17)6-8-16;/h5-8,13-14H,9-12,17H2,1-4H3;1H. The molecule has 0 bridgehead atoms. The highest BCUT2D eigenvalue weighted by molar-refractivity contribution is 5.85. The number of nitrogen functional groups attached to an aromatic ring is 1. The van der Waals surface area contributed by atoms with Gasteiger partial charge in [0, 0.05) is 25.3 Å². The first-order valence-corrected chi connectivity index (χ1v) is 7.18. The van der Waals surface area contributed by atoms with E-state index >= 15 is 0 Å². The zero-order valence-corrected chi connectivity index (χ0v) is 14.0. The van der Waals surface area contributed by atoms with Gasteiger partial charge >= 0.3 is 0 Å². The minimum absolute atomic E-state index is 0. The summed E-state index contributed by atoms with van der Waals surface area (Å²) in [6.07, 6.45) is 0. The van der Waals surface area contributed by atoms with Crippen LogP contribution in [-0.4, -0.2) is 31.1 Å². The van der Waals surface area contributed by atoms with E-state index in [1.165, 1.54) is 0 Å². The molecule has 1 aromatic rings. The lowest BCUT2D eigenvalue weighted by Crippen LogP contribution is -2.34. The van der Waals surface area contributed by atoms with E-state index in [-0.39, 0.29) is 12.4 Å². The fourth-order valence-electron chi connectivity index (χ4n) is 2.15. The lowest BCUT2D eigenvalue weighted by atomic mass is 10.1. The van der Waals surface area contributed by atoms with Gasteiger partial charge < -0.3 is 10.5 Å². The Kier molecular flexibility index (Phi) is 9.43. The van der Waals surface area contributed by atoms with E-state index < -0.39 is 0 Å². The number of nitrogens with zero attached hydrogens (tertiary/aromatic N) is 1. The van der Waals surface area contributed by atoms with Gasteiger partial charge in [-0.2, -0.15) is 0 Å². The Bertz CT molecular complexity index is 342. The summed E-state index contributed by atoms with van der Waals surface area (Å²) >= 11 is 0. The number of hydrogen-bond acceptors (Lipinski definition) is 3. The molecule has 20 heavy (non-hydrogen) atoms. The second kappa shape index (κ2) is 9.89. The first kappa shape index (κ1) is 19.1. The summed E-state index contributed by atoms with van der Waals surface area (Å²) in [5.74, 6) is 2.27. The summed E-state index contributed by atoms with van der Waals surface area (Å²) in [5, 5.41) is 0. The first-order valence-electron chi connectivity index (χ1n) is 7.18. The Labute approximate surface area is 129 Å². The Balaban J connectivity index is 0.00000361. The zero-order valence-electron chi connectivity index (χ0n) is 13.1. The molecule has 0 fully saturated rings. The van der Waals surface area contributed by atoms with E-state index in [4.69, 9.17) is 10.5 Å². The molecular weight excluding hydrogens is 272 g/mol. The van der Waals surface area contributed by atoms with Crippen molar-refractivity contribution >= 4 is 18.1 Å². The Hall–Kier alpha value is -0.930. The normalized spacial score (nSPS) is 10.9. The van der Waals surface area contributed by atoms with Gasteiger partial charge in [-0.15, -0.1) is 12.4 Å². The summed E-state index contributed by atoms with van der Waals surface area (Å²) in [6.45, 7) is 13.0. The largest absolute Gasteiger partial charge is 0.492 e. The maximum atomic E-state index is 5.76. The molecule has 3 nitrogen and oxygen atoms in total. The van der Waals surface area contributed by atoms with E-state index in [1.807, 2.05) is 24.3 Å². The molecule has 2 N–H and O–H groups in total. The van der Waals surface area contributed by atoms with Crippen molar-refractivity contribution in [1.29, 1.82) is 0 Å². The average Bonchev–Trinajstić information content (AvgIpc) is 2.30. The Morgan fingerprint density at radius 3 is 1.95 bits per heavy atom. The lowest BCUT2D eigenvalue weighted by molar-refractivity contribution is 0.177. The molecule has 0 aliphatic carbocycles. The fourth-order valence-corrected chi connectivity index (χ4v) is 2.15. The molecule has 0 spiro atoms. The van der Waals surface area contributed by atoms with Crippen LogP contribution in [0.5, 0.6) is 5.75 Å². The number of hydrogen-bond donors (Lipinski definition) is 1. The van der Waals surface area contributed by atoms with E-state index in [9.17, 15) is 0 Å². The molecule has 116 valence electrons. The van der Waals surface area contributed by atoms with Gasteiger partial charge in [-0.25, -0.2) is 0 Å². The predicted octanol–water partition coefficient (Wildman–Crippen LogP) is 3.68. The van der Waals surface area contributed by atoms with Crippen LogP contribution in [0.25, 0.3) is 0 Å². The van der Waals surface area contributed by atoms with Crippen molar-refractivity contribution in [3.8, 4) is 5.75 Å². The summed E-state index contributed by atoms with van der Waals surface area (Å²) < 4.78 is 5.76. The Morgan fingerprint density at radius 2 is 1.50 bits per heavy atom. The molecule has 1 rings (SSSR count). The number of halogens is 1. The third-order valence-electron chi connectivity index (χ3n) is 2.80. The molecular formula is C16H29ClN2O. The molecule has 0 saturated carbocycles. The second-order valence-corrected chi connectivity index (χ2v) is 5.96. The highest BCUT2D eigenvalue weighted by atomic mass is 35.5. The monoisotopic (exact) mass is 300 g/mol. The maximum Gasteiger partial charge on any atom is 0.119 e. The van der Waals surface area contributed by atoms with Gasteiger partial charge in [0.05, 0.1) is 0 Å². The topological polar surface area (TPSA) is 38.5 Å². The zero-order chi connectivity index (χ0) is 14.3. The SMILES string of the molecule is CC(C)CN(CCOc1ccc(N)cc1)CC(C)C.Cl. The smallest absolute Gasteiger partial charge is 0.119 e. The van der Waals surface area contributed by atoms with Gasteiger partial charge in [0.15, 0.2) is 0 Å². The van der Waals surface area contributed by atoms with Crippen LogP contribution in [0.2, 0.25) is 0 Å². The molecule has 0 aromatic heterocycles. The average molecular weight is 301 g/mol. The number of nitrogens with two attached hydrogens (primary N) is 1. The maximum absolute atomic E-state index is 5.76. The van der Waals surface area contributed by atoms with Crippen LogP contribution < -0.4 is 10.5 Å². The fraction of sp³-hybridized carbons (Fsp3) is 0.625. The number of benzene rings is 1. The molecule has 4 heteroatoms. The van der Waals surface area contributed by atoms with Crippen molar-refractivity contribution in [2.45, 2.75) is 27.7 Å². The highest BCUT2D eigenvalue weighted by Crippen LogP contribution is 2.13. The molecule has 0 unspecified atom stereocenters. The summed E-state index contributed by atoms with van der Waals surface area (Å²) in [6, 6.07) is 7.58. The van der Waals surface area contributed by atoms with Gasteiger partial charge in [-0.3, -0.25) is 4.90 Å². The molecule has 0 saturated heterocycles. The third kappa shape index (κ3) is 8.28. The van der Waals surface area contributed by atoms with Crippen molar-refractivity contribution in [3.63, 3.8) is 0 Å². The Morgan fingerprint density at radius 1 is 1.00 bits per heavy atom. The number of ether oxygens (including phenoxy) is 1. The summed E-state index contributed by atoms with van der Waals surface area (Å²) in [4.78, 5) is 2.48. The number of rotatable bonds is 8. The van der Waals surface area contributed by atoms with Crippen LogP contribution in [0.1, 0.15) is 27.7 Å². The van der Waals surface area contributed by atoms with E-state index in [2.05, 4.69) is 32.6 Å². The van der Waals surface area contributed by atoms with Crippen LogP contribution in [0.4, 0.5) is 5.69 Å². The molecule has 0 aliphatic rings. The third-order valence-corrected chi connectivity index (χ3v) is 2.80. The quantitative estimate of drug-likeness (QED) is 0.744. The second-order valence-electron chi connectivity index (χ2n) is 5.96. The number of anilines is 1. The van der Waals surface area contributed by atoms with Crippen molar-refractivity contribution < 1.29 is 4.74 Å². The van der Waals surface area contributed by atoms with Gasteiger partial charge in [0.1, 0.15) is 12.4 Å². The van der Waals surface area contributed by atoms with E-state index in [0.29, 0.717) is 11.8 Å². The lowest BCUT2D eigenvalue weighted by Gasteiger charge is -2.26.